The van der Waals surface area contributed by atoms with Gasteiger partial charge in [0, 0.05) is 13.1 Å². The predicted molar refractivity (Wildman–Crippen MR) is 96.1 cm³/mol. The minimum atomic E-state index is -3.23. The van der Waals surface area contributed by atoms with E-state index in [1.165, 1.54) is 9.87 Å². The van der Waals surface area contributed by atoms with Crippen LogP contribution in [0.15, 0.2) is 24.3 Å². The van der Waals surface area contributed by atoms with Crippen LogP contribution >= 0.6 is 0 Å². The van der Waals surface area contributed by atoms with Crippen molar-refractivity contribution in [1.29, 1.82) is 0 Å². The summed E-state index contributed by atoms with van der Waals surface area (Å²) in [5, 5.41) is 3.10. The Balaban J connectivity index is 2.03. The second-order valence-electron chi connectivity index (χ2n) is 6.48. The molecule has 1 amide bonds. The molecule has 1 saturated heterocycles. The van der Waals surface area contributed by atoms with Crippen molar-refractivity contribution in [2.75, 3.05) is 18.8 Å². The maximum atomic E-state index is 12.6. The number of rotatable bonds is 6. The van der Waals surface area contributed by atoms with E-state index in [0.717, 1.165) is 24.8 Å². The number of hydrogen-bond donors (Lipinski definition) is 1. The first kappa shape index (κ1) is 18.9. The molecule has 2 atom stereocenters. The van der Waals surface area contributed by atoms with Gasteiger partial charge in [0.1, 0.15) is 0 Å². The Morgan fingerprint density at radius 2 is 1.96 bits per heavy atom. The van der Waals surface area contributed by atoms with E-state index < -0.39 is 10.0 Å². The Hall–Kier alpha value is -1.40. The third-order valence-corrected chi connectivity index (χ3v) is 6.57. The van der Waals surface area contributed by atoms with Crippen molar-refractivity contribution < 1.29 is 13.2 Å². The van der Waals surface area contributed by atoms with E-state index in [0.29, 0.717) is 13.1 Å². The van der Waals surface area contributed by atoms with Gasteiger partial charge in [-0.2, -0.15) is 0 Å². The molecule has 1 N–H and O–H groups in total. The smallest absolute Gasteiger partial charge is 0.224 e. The second kappa shape index (κ2) is 8.12. The van der Waals surface area contributed by atoms with Gasteiger partial charge in [-0.05, 0) is 38.7 Å². The fourth-order valence-corrected chi connectivity index (χ4v) is 4.28. The molecule has 1 aliphatic heterocycles. The monoisotopic (exact) mass is 352 g/mol. The van der Waals surface area contributed by atoms with Crippen LogP contribution in [0.2, 0.25) is 0 Å². The average molecular weight is 353 g/mol. The summed E-state index contributed by atoms with van der Waals surface area (Å²) >= 11 is 0. The quantitative estimate of drug-likeness (QED) is 0.856. The summed E-state index contributed by atoms with van der Waals surface area (Å²) in [6, 6.07) is 8.13. The van der Waals surface area contributed by atoms with Gasteiger partial charge in [0.15, 0.2) is 0 Å². The molecule has 0 spiro atoms. The molecule has 0 radical (unpaired) electrons. The third-order valence-electron chi connectivity index (χ3n) is 4.72. The number of aryl methyl sites for hydroxylation is 1. The van der Waals surface area contributed by atoms with Gasteiger partial charge >= 0.3 is 0 Å². The fourth-order valence-electron chi connectivity index (χ4n) is 3.10. The minimum Gasteiger partial charge on any atom is -0.349 e. The van der Waals surface area contributed by atoms with E-state index in [9.17, 15) is 13.2 Å². The third kappa shape index (κ3) is 4.57. The fraction of sp³-hybridized carbons (Fsp3) is 0.611. The summed E-state index contributed by atoms with van der Waals surface area (Å²) in [6.45, 7) is 6.54. The number of sulfonamides is 1. The Labute approximate surface area is 145 Å². The van der Waals surface area contributed by atoms with Crippen molar-refractivity contribution >= 4 is 15.9 Å². The SMILES string of the molecule is CC[C@H](NC(=O)[C@H]1CCCN(S(=O)(=O)CC)C1)c1ccc(C)cc1. The Morgan fingerprint density at radius 3 is 2.54 bits per heavy atom. The zero-order chi connectivity index (χ0) is 17.7. The van der Waals surface area contributed by atoms with Crippen LogP contribution in [0.1, 0.15) is 50.3 Å². The zero-order valence-electron chi connectivity index (χ0n) is 14.8. The second-order valence-corrected chi connectivity index (χ2v) is 8.74. The number of carbonyl (C=O) groups is 1. The largest absolute Gasteiger partial charge is 0.349 e. The molecule has 1 heterocycles. The first-order valence-corrected chi connectivity index (χ1v) is 10.3. The predicted octanol–water partition coefficient (Wildman–Crippen LogP) is 2.62. The van der Waals surface area contributed by atoms with Crippen molar-refractivity contribution in [3.05, 3.63) is 35.4 Å². The Bertz CT molecular complexity index is 655. The van der Waals surface area contributed by atoms with Crippen molar-refractivity contribution in [3.63, 3.8) is 0 Å². The van der Waals surface area contributed by atoms with E-state index in [1.807, 2.05) is 38.1 Å². The molecular formula is C18H28N2O3S. The number of benzene rings is 1. The zero-order valence-corrected chi connectivity index (χ0v) is 15.6. The maximum absolute atomic E-state index is 12.6. The average Bonchev–Trinajstić information content (AvgIpc) is 2.60. The van der Waals surface area contributed by atoms with Gasteiger partial charge < -0.3 is 5.32 Å². The maximum Gasteiger partial charge on any atom is 0.224 e. The minimum absolute atomic E-state index is 0.0312. The number of nitrogens with zero attached hydrogens (tertiary/aromatic N) is 1. The van der Waals surface area contributed by atoms with Crippen molar-refractivity contribution in [2.24, 2.45) is 5.92 Å². The molecule has 0 bridgehead atoms. The van der Waals surface area contributed by atoms with Crippen molar-refractivity contribution in [1.82, 2.24) is 9.62 Å². The number of nitrogens with one attached hydrogen (secondary N) is 1. The van der Waals surface area contributed by atoms with Crippen LogP contribution in [0.5, 0.6) is 0 Å². The lowest BCUT2D eigenvalue weighted by molar-refractivity contribution is -0.126. The number of hydrogen-bond acceptors (Lipinski definition) is 3. The molecular weight excluding hydrogens is 324 g/mol. The van der Waals surface area contributed by atoms with Crippen molar-refractivity contribution in [3.8, 4) is 0 Å². The Kier molecular flexibility index (Phi) is 6.40. The highest BCUT2D eigenvalue weighted by atomic mass is 32.2. The molecule has 1 aromatic carbocycles. The first-order chi connectivity index (χ1) is 11.4. The van der Waals surface area contributed by atoms with Gasteiger partial charge in [-0.3, -0.25) is 4.79 Å². The van der Waals surface area contributed by atoms with Gasteiger partial charge in [-0.1, -0.05) is 36.8 Å². The molecule has 5 nitrogen and oxygen atoms in total. The summed E-state index contributed by atoms with van der Waals surface area (Å²) < 4.78 is 25.6. The van der Waals surface area contributed by atoms with Crippen LogP contribution in [0, 0.1) is 12.8 Å². The standard InChI is InChI=1S/C18H28N2O3S/c1-4-17(15-10-8-14(3)9-11-15)19-18(21)16-7-6-12-20(13-16)24(22,23)5-2/h8-11,16-17H,4-7,12-13H2,1-3H3,(H,19,21)/t16-,17-/m0/s1. The van der Waals surface area contributed by atoms with Crippen molar-refractivity contribution in [2.45, 2.75) is 46.1 Å². The summed E-state index contributed by atoms with van der Waals surface area (Å²) in [4.78, 5) is 12.6. The first-order valence-electron chi connectivity index (χ1n) is 8.72. The lowest BCUT2D eigenvalue weighted by atomic mass is 9.97. The van der Waals surface area contributed by atoms with E-state index in [2.05, 4.69) is 5.32 Å². The summed E-state index contributed by atoms with van der Waals surface area (Å²) in [5.41, 5.74) is 2.28. The van der Waals surface area contributed by atoms with Crippen LogP contribution in [0.4, 0.5) is 0 Å². The molecule has 24 heavy (non-hydrogen) atoms. The van der Waals surface area contributed by atoms with E-state index in [-0.39, 0.29) is 23.6 Å². The number of piperidine rings is 1. The van der Waals surface area contributed by atoms with Crippen LogP contribution in [0.25, 0.3) is 0 Å². The molecule has 0 aliphatic carbocycles. The van der Waals surface area contributed by atoms with Crippen LogP contribution < -0.4 is 5.32 Å². The van der Waals surface area contributed by atoms with Gasteiger partial charge in [-0.25, -0.2) is 12.7 Å². The van der Waals surface area contributed by atoms with Crippen LogP contribution in [-0.2, 0) is 14.8 Å². The molecule has 1 fully saturated rings. The van der Waals surface area contributed by atoms with Gasteiger partial charge in [0.2, 0.25) is 15.9 Å². The highest BCUT2D eigenvalue weighted by Crippen LogP contribution is 2.22. The topological polar surface area (TPSA) is 66.5 Å². The summed E-state index contributed by atoms with van der Waals surface area (Å²) in [5.74, 6) is -0.222. The van der Waals surface area contributed by atoms with Gasteiger partial charge in [0.25, 0.3) is 0 Å². The highest BCUT2D eigenvalue weighted by molar-refractivity contribution is 7.89. The molecule has 6 heteroatoms. The summed E-state index contributed by atoms with van der Waals surface area (Å²) in [7, 11) is -3.23. The summed E-state index contributed by atoms with van der Waals surface area (Å²) in [6.07, 6.45) is 2.28. The highest BCUT2D eigenvalue weighted by Gasteiger charge is 2.32. The number of amides is 1. The lowest BCUT2D eigenvalue weighted by Crippen LogP contribution is -2.46. The number of carbonyl (C=O) groups excluding carboxylic acids is 1. The molecule has 0 unspecified atom stereocenters. The van der Waals surface area contributed by atoms with E-state index in [4.69, 9.17) is 0 Å². The molecule has 0 saturated carbocycles. The molecule has 134 valence electrons. The van der Waals surface area contributed by atoms with Crippen LogP contribution in [0.3, 0.4) is 0 Å². The lowest BCUT2D eigenvalue weighted by Gasteiger charge is -2.32. The normalized spacial score (nSPS) is 20.5. The molecule has 0 aromatic heterocycles. The van der Waals surface area contributed by atoms with E-state index >= 15 is 0 Å². The van der Waals surface area contributed by atoms with E-state index in [1.54, 1.807) is 6.92 Å². The van der Waals surface area contributed by atoms with Gasteiger partial charge in [0.05, 0.1) is 17.7 Å². The Morgan fingerprint density at radius 1 is 1.29 bits per heavy atom. The molecule has 1 aromatic rings. The van der Waals surface area contributed by atoms with Gasteiger partial charge in [-0.15, -0.1) is 0 Å². The molecule has 2 rings (SSSR count). The van der Waals surface area contributed by atoms with Crippen LogP contribution in [-0.4, -0.2) is 37.5 Å². The molecule has 1 aliphatic rings.